The van der Waals surface area contributed by atoms with E-state index in [1.165, 1.54) is 23.8 Å². The Morgan fingerprint density at radius 1 is 1.11 bits per heavy atom. The maximum Gasteiger partial charge on any atom is 0.265 e. The van der Waals surface area contributed by atoms with Gasteiger partial charge in [0.05, 0.1) is 11.9 Å². The second kappa shape index (κ2) is 9.50. The molecule has 3 aromatic rings. The maximum atomic E-state index is 13.3. The van der Waals surface area contributed by atoms with Gasteiger partial charge in [-0.2, -0.15) is 0 Å². The van der Waals surface area contributed by atoms with Gasteiger partial charge in [0, 0.05) is 37.0 Å². The van der Waals surface area contributed by atoms with Crippen LogP contribution in [0.5, 0.6) is 0 Å². The molecule has 0 saturated carbocycles. The number of hydrogen-bond donors (Lipinski definition) is 2. The Hall–Kier alpha value is -3.72. The van der Waals surface area contributed by atoms with Gasteiger partial charge in [0.25, 0.3) is 11.5 Å². The number of fused-ring (bicyclic) bond motifs is 1. The van der Waals surface area contributed by atoms with Crippen LogP contribution in [0.1, 0.15) is 36.7 Å². The third kappa shape index (κ3) is 5.51. The fraction of sp³-hybridized carbons (Fsp3) is 0.320. The highest BCUT2D eigenvalue weighted by molar-refractivity contribution is 6.30. The van der Waals surface area contributed by atoms with E-state index >= 15 is 0 Å². The van der Waals surface area contributed by atoms with Crippen molar-refractivity contribution in [3.05, 3.63) is 69.1 Å². The van der Waals surface area contributed by atoms with Crippen molar-refractivity contribution in [1.82, 2.24) is 19.8 Å². The van der Waals surface area contributed by atoms with Gasteiger partial charge in [-0.05, 0) is 35.2 Å². The number of rotatable bonds is 6. The van der Waals surface area contributed by atoms with Crippen LogP contribution in [0.4, 0.5) is 5.69 Å². The van der Waals surface area contributed by atoms with Crippen molar-refractivity contribution in [2.24, 2.45) is 5.41 Å². The van der Waals surface area contributed by atoms with Crippen LogP contribution in [0.3, 0.4) is 0 Å². The average molecular weight is 496 g/mol. The Balaban J connectivity index is 1.68. The number of pyridine rings is 2. The Kier molecular flexibility index (Phi) is 6.62. The van der Waals surface area contributed by atoms with E-state index in [9.17, 15) is 19.2 Å². The molecule has 4 rings (SSSR count). The van der Waals surface area contributed by atoms with Gasteiger partial charge in [0.1, 0.15) is 17.8 Å². The molecular weight excluding hydrogens is 470 g/mol. The van der Waals surface area contributed by atoms with Crippen LogP contribution in [-0.2, 0) is 22.7 Å². The molecule has 0 bridgehead atoms. The molecule has 0 aliphatic carbocycles. The fourth-order valence-corrected chi connectivity index (χ4v) is 4.25. The first-order valence-electron chi connectivity index (χ1n) is 11.1. The Morgan fingerprint density at radius 2 is 1.80 bits per heavy atom. The number of halogens is 1. The number of benzene rings is 1. The number of hydrogen-bond acceptors (Lipinski definition) is 5. The molecule has 0 radical (unpaired) electrons. The summed E-state index contributed by atoms with van der Waals surface area (Å²) in [7, 11) is 0. The third-order valence-corrected chi connectivity index (χ3v) is 5.99. The summed E-state index contributed by atoms with van der Waals surface area (Å²) in [4.78, 5) is 56.7. The molecule has 2 N–H and O–H groups in total. The summed E-state index contributed by atoms with van der Waals surface area (Å²) in [5.74, 6) is -1.08. The van der Waals surface area contributed by atoms with Crippen molar-refractivity contribution in [2.75, 3.05) is 18.4 Å². The molecule has 1 aliphatic rings. The van der Waals surface area contributed by atoms with Gasteiger partial charge in [0.15, 0.2) is 0 Å². The summed E-state index contributed by atoms with van der Waals surface area (Å²) in [6, 6.07) is 10.0. The van der Waals surface area contributed by atoms with Crippen LogP contribution >= 0.6 is 11.6 Å². The van der Waals surface area contributed by atoms with Crippen molar-refractivity contribution in [2.45, 2.75) is 33.9 Å². The summed E-state index contributed by atoms with van der Waals surface area (Å²) in [6.07, 6.45) is 1.41. The molecule has 0 spiro atoms. The first kappa shape index (κ1) is 24.4. The lowest BCUT2D eigenvalue weighted by Gasteiger charge is -2.45. The van der Waals surface area contributed by atoms with Crippen LogP contribution in [0.2, 0.25) is 5.02 Å². The number of carbonyl (C=O) groups excluding carboxylic acids is 3. The fourth-order valence-electron chi connectivity index (χ4n) is 4.12. The highest BCUT2D eigenvalue weighted by Crippen LogP contribution is 2.29. The summed E-state index contributed by atoms with van der Waals surface area (Å²) >= 11 is 5.91. The first-order chi connectivity index (χ1) is 16.5. The van der Waals surface area contributed by atoms with Crippen LogP contribution in [0.25, 0.3) is 11.0 Å². The van der Waals surface area contributed by atoms with E-state index < -0.39 is 11.5 Å². The number of nitrogens with one attached hydrogen (secondary N) is 2. The van der Waals surface area contributed by atoms with Crippen molar-refractivity contribution in [1.29, 1.82) is 0 Å². The molecule has 3 amide bonds. The lowest BCUT2D eigenvalue weighted by atomic mass is 9.84. The molecule has 1 fully saturated rings. The van der Waals surface area contributed by atoms with E-state index in [1.807, 2.05) is 0 Å². The predicted molar refractivity (Wildman–Crippen MR) is 133 cm³/mol. The number of nitrogens with zero attached hydrogens (tertiary/aromatic N) is 3. The molecule has 0 unspecified atom stereocenters. The number of likely N-dealkylation sites (tertiary alicyclic amines) is 1. The van der Waals surface area contributed by atoms with Gasteiger partial charge >= 0.3 is 0 Å². The zero-order chi connectivity index (χ0) is 25.3. The van der Waals surface area contributed by atoms with Crippen molar-refractivity contribution < 1.29 is 14.4 Å². The molecule has 1 aromatic carbocycles. The van der Waals surface area contributed by atoms with Crippen molar-refractivity contribution >= 4 is 46.0 Å². The lowest BCUT2D eigenvalue weighted by Crippen LogP contribution is -2.56. The lowest BCUT2D eigenvalue weighted by molar-refractivity contribution is -0.142. The standard InChI is InChI=1S/C25H26ClN5O4/c1-15(32)29-19-8-17-9-20(23(34)28-10-16-4-6-18(26)7-5-16)24(35)31(22(17)27-11-19)12-21(33)30-13-25(2,3)14-30/h4-9,11H,10,12-14H2,1-3H3,(H,28,34)(H,29,32). The van der Waals surface area contributed by atoms with Crippen LogP contribution < -0.4 is 16.2 Å². The van der Waals surface area contributed by atoms with Crippen LogP contribution in [0, 0.1) is 5.41 Å². The van der Waals surface area contributed by atoms with Gasteiger partial charge in [-0.15, -0.1) is 0 Å². The average Bonchev–Trinajstić information content (AvgIpc) is 2.78. The van der Waals surface area contributed by atoms with E-state index in [4.69, 9.17) is 11.6 Å². The second-order valence-corrected chi connectivity index (χ2v) is 9.93. The van der Waals surface area contributed by atoms with Gasteiger partial charge in [0.2, 0.25) is 11.8 Å². The normalized spacial score (nSPS) is 14.3. The summed E-state index contributed by atoms with van der Waals surface area (Å²) in [6.45, 7) is 6.65. The minimum atomic E-state index is -0.612. The highest BCUT2D eigenvalue weighted by atomic mass is 35.5. The van der Waals surface area contributed by atoms with Crippen LogP contribution in [-0.4, -0.2) is 45.3 Å². The largest absolute Gasteiger partial charge is 0.348 e. The zero-order valence-corrected chi connectivity index (χ0v) is 20.5. The minimum Gasteiger partial charge on any atom is -0.348 e. The van der Waals surface area contributed by atoms with Gasteiger partial charge in [-0.25, -0.2) is 4.98 Å². The molecule has 1 saturated heterocycles. The van der Waals surface area contributed by atoms with Gasteiger partial charge in [-0.1, -0.05) is 37.6 Å². The molecular formula is C25H26ClN5O4. The molecule has 3 heterocycles. The maximum absolute atomic E-state index is 13.3. The zero-order valence-electron chi connectivity index (χ0n) is 19.7. The molecule has 10 heteroatoms. The molecule has 182 valence electrons. The smallest absolute Gasteiger partial charge is 0.265 e. The SMILES string of the molecule is CC(=O)Nc1cnc2c(c1)cc(C(=O)NCc1ccc(Cl)cc1)c(=O)n2CC(=O)N1CC(C)(C)C1. The number of carbonyl (C=O) groups is 3. The topological polar surface area (TPSA) is 113 Å². The Labute approximate surface area is 207 Å². The molecule has 1 aliphatic heterocycles. The Morgan fingerprint density at radius 3 is 2.43 bits per heavy atom. The number of amides is 3. The van der Waals surface area contributed by atoms with E-state index in [2.05, 4.69) is 29.5 Å². The first-order valence-corrected chi connectivity index (χ1v) is 11.5. The monoisotopic (exact) mass is 495 g/mol. The second-order valence-electron chi connectivity index (χ2n) is 9.49. The number of aromatic nitrogens is 2. The van der Waals surface area contributed by atoms with E-state index in [-0.39, 0.29) is 41.5 Å². The summed E-state index contributed by atoms with van der Waals surface area (Å²) in [5.41, 5.74) is 0.792. The molecule has 2 aromatic heterocycles. The Bertz CT molecular complexity index is 1370. The highest BCUT2D eigenvalue weighted by Gasteiger charge is 2.37. The quantitative estimate of drug-likeness (QED) is 0.546. The molecule has 35 heavy (non-hydrogen) atoms. The van der Waals surface area contributed by atoms with E-state index in [1.54, 1.807) is 35.2 Å². The predicted octanol–water partition coefficient (Wildman–Crippen LogP) is 2.81. The minimum absolute atomic E-state index is 0.0393. The van der Waals surface area contributed by atoms with Gasteiger partial charge in [-0.3, -0.25) is 23.7 Å². The van der Waals surface area contributed by atoms with E-state index in [0.29, 0.717) is 29.2 Å². The van der Waals surface area contributed by atoms with Crippen molar-refractivity contribution in [3.63, 3.8) is 0 Å². The van der Waals surface area contributed by atoms with Crippen LogP contribution in [0.15, 0.2) is 47.4 Å². The summed E-state index contributed by atoms with van der Waals surface area (Å²) < 4.78 is 1.22. The number of anilines is 1. The van der Waals surface area contributed by atoms with Gasteiger partial charge < -0.3 is 15.5 Å². The summed E-state index contributed by atoms with van der Waals surface area (Å²) in [5, 5.41) is 6.41. The molecule has 0 atom stereocenters. The van der Waals surface area contributed by atoms with Crippen molar-refractivity contribution in [3.8, 4) is 0 Å². The third-order valence-electron chi connectivity index (χ3n) is 5.74. The van der Waals surface area contributed by atoms with E-state index in [0.717, 1.165) is 5.56 Å². The molecule has 9 nitrogen and oxygen atoms in total.